The van der Waals surface area contributed by atoms with Gasteiger partial charge in [-0.3, -0.25) is 14.4 Å². The first-order valence-corrected chi connectivity index (χ1v) is 7.59. The Bertz CT molecular complexity index is 777. The smallest absolute Gasteiger partial charge is 0.227 e. The molecule has 4 heteroatoms. The van der Waals surface area contributed by atoms with Crippen LogP contribution in [0.5, 0.6) is 0 Å². The molecule has 1 heterocycles. The van der Waals surface area contributed by atoms with Crippen molar-refractivity contribution in [2.45, 2.75) is 26.3 Å². The first kappa shape index (κ1) is 15.2. The molecule has 0 atom stereocenters. The van der Waals surface area contributed by atoms with E-state index in [2.05, 4.69) is 0 Å². The Balaban J connectivity index is 1.94. The summed E-state index contributed by atoms with van der Waals surface area (Å²) in [6, 6.07) is 14.4. The lowest BCUT2D eigenvalue weighted by atomic mass is 10.1. The van der Waals surface area contributed by atoms with E-state index in [0.29, 0.717) is 23.4 Å². The van der Waals surface area contributed by atoms with Crippen LogP contribution >= 0.6 is 0 Å². The summed E-state index contributed by atoms with van der Waals surface area (Å²) in [5.74, 6) is -0.0411. The van der Waals surface area contributed by atoms with Crippen LogP contribution in [0, 0.1) is 0 Å². The topological polar surface area (TPSA) is 54.5 Å². The van der Waals surface area contributed by atoms with Crippen molar-refractivity contribution in [1.29, 1.82) is 0 Å². The van der Waals surface area contributed by atoms with Gasteiger partial charge in [0.25, 0.3) is 0 Å². The van der Waals surface area contributed by atoms with Crippen molar-refractivity contribution < 1.29 is 14.4 Å². The highest BCUT2D eigenvalue weighted by Crippen LogP contribution is 2.28. The minimum Gasteiger partial charge on any atom is -0.307 e. The van der Waals surface area contributed by atoms with E-state index in [1.807, 2.05) is 24.3 Å². The van der Waals surface area contributed by atoms with Crippen LogP contribution in [-0.4, -0.2) is 17.5 Å². The van der Waals surface area contributed by atoms with Gasteiger partial charge < -0.3 is 4.90 Å². The Hall–Kier alpha value is -2.75. The Kier molecular flexibility index (Phi) is 4.06. The molecule has 1 amide bonds. The maximum Gasteiger partial charge on any atom is 0.227 e. The fourth-order valence-corrected chi connectivity index (χ4v) is 2.77. The van der Waals surface area contributed by atoms with Gasteiger partial charge in [-0.05, 0) is 24.6 Å². The van der Waals surface area contributed by atoms with E-state index in [0.717, 1.165) is 5.56 Å². The molecule has 0 bridgehead atoms. The van der Waals surface area contributed by atoms with E-state index >= 15 is 0 Å². The zero-order valence-corrected chi connectivity index (χ0v) is 12.9. The maximum atomic E-state index is 12.4. The van der Waals surface area contributed by atoms with Crippen molar-refractivity contribution in [3.63, 3.8) is 0 Å². The minimum absolute atomic E-state index is 0.00313. The third kappa shape index (κ3) is 3.06. The molecule has 2 aromatic rings. The van der Waals surface area contributed by atoms with Gasteiger partial charge in [0.1, 0.15) is 0 Å². The van der Waals surface area contributed by atoms with Gasteiger partial charge in [-0.1, -0.05) is 36.4 Å². The molecule has 1 aliphatic heterocycles. The van der Waals surface area contributed by atoms with Crippen LogP contribution in [0.3, 0.4) is 0 Å². The lowest BCUT2D eigenvalue weighted by molar-refractivity contribution is -0.118. The summed E-state index contributed by atoms with van der Waals surface area (Å²) in [6.45, 7) is 1.91. The first-order chi connectivity index (χ1) is 11.1. The van der Waals surface area contributed by atoms with Gasteiger partial charge in [0.15, 0.2) is 11.6 Å². The summed E-state index contributed by atoms with van der Waals surface area (Å²) in [6.07, 6.45) is 0.467. The number of ketones is 2. The number of fused-ring (bicyclic) bond motifs is 1. The molecule has 0 aromatic heterocycles. The molecular weight excluding hydrogens is 290 g/mol. The largest absolute Gasteiger partial charge is 0.307 e. The van der Waals surface area contributed by atoms with Crippen LogP contribution in [-0.2, 0) is 11.3 Å². The van der Waals surface area contributed by atoms with Gasteiger partial charge in [0.2, 0.25) is 5.91 Å². The van der Waals surface area contributed by atoms with E-state index in [1.54, 1.807) is 29.2 Å². The first-order valence-electron chi connectivity index (χ1n) is 7.59. The van der Waals surface area contributed by atoms with Crippen molar-refractivity contribution >= 4 is 23.2 Å². The normalized spacial score (nSPS) is 14.4. The summed E-state index contributed by atoms with van der Waals surface area (Å²) >= 11 is 0. The quantitative estimate of drug-likeness (QED) is 0.817. The molecule has 2 aromatic carbocycles. The minimum atomic E-state index is -0.0565. The molecule has 3 rings (SSSR count). The highest BCUT2D eigenvalue weighted by atomic mass is 16.2. The number of hydrogen-bond donors (Lipinski definition) is 0. The number of Topliss-reactive ketones (excluding diaryl/α,β-unsaturated/α-hetero) is 2. The standard InChI is InChI=1S/C19H17NO3/c1-13(21)15-8-6-14(7-9-15)12-20-17-5-3-2-4-16(17)18(22)10-11-19(20)23/h2-9H,10-12H2,1H3. The molecule has 116 valence electrons. The van der Waals surface area contributed by atoms with Crippen molar-refractivity contribution in [3.8, 4) is 0 Å². The second-order valence-electron chi connectivity index (χ2n) is 5.67. The van der Waals surface area contributed by atoms with Gasteiger partial charge in [0.05, 0.1) is 12.2 Å². The predicted molar refractivity (Wildman–Crippen MR) is 87.6 cm³/mol. The monoisotopic (exact) mass is 307 g/mol. The average Bonchev–Trinajstić information content (AvgIpc) is 2.68. The third-order valence-corrected chi connectivity index (χ3v) is 4.06. The van der Waals surface area contributed by atoms with Crippen molar-refractivity contribution in [2.24, 2.45) is 0 Å². The van der Waals surface area contributed by atoms with Gasteiger partial charge >= 0.3 is 0 Å². The maximum absolute atomic E-state index is 12.4. The number of carbonyl (C=O) groups excluding carboxylic acids is 3. The molecule has 0 fully saturated rings. The third-order valence-electron chi connectivity index (χ3n) is 4.06. The number of rotatable bonds is 3. The van der Waals surface area contributed by atoms with Crippen LogP contribution < -0.4 is 4.90 Å². The summed E-state index contributed by atoms with van der Waals surface area (Å²) in [4.78, 5) is 37.6. The summed E-state index contributed by atoms with van der Waals surface area (Å²) in [5.41, 5.74) is 2.83. The number of amides is 1. The van der Waals surface area contributed by atoms with Crippen LogP contribution in [0.2, 0.25) is 0 Å². The Morgan fingerprint density at radius 1 is 1.00 bits per heavy atom. The van der Waals surface area contributed by atoms with E-state index in [-0.39, 0.29) is 30.3 Å². The zero-order chi connectivity index (χ0) is 16.4. The van der Waals surface area contributed by atoms with E-state index < -0.39 is 0 Å². The van der Waals surface area contributed by atoms with E-state index in [9.17, 15) is 14.4 Å². The number of nitrogens with zero attached hydrogens (tertiary/aromatic N) is 1. The molecule has 0 saturated heterocycles. The zero-order valence-electron chi connectivity index (χ0n) is 12.9. The number of carbonyl (C=O) groups is 3. The van der Waals surface area contributed by atoms with Crippen molar-refractivity contribution in [2.75, 3.05) is 4.90 Å². The molecule has 23 heavy (non-hydrogen) atoms. The highest BCUT2D eigenvalue weighted by molar-refractivity contribution is 6.10. The fourth-order valence-electron chi connectivity index (χ4n) is 2.77. The van der Waals surface area contributed by atoms with Gasteiger partial charge in [-0.2, -0.15) is 0 Å². The summed E-state index contributed by atoms with van der Waals surface area (Å²) in [5, 5.41) is 0. The molecule has 0 aliphatic carbocycles. The summed E-state index contributed by atoms with van der Waals surface area (Å²) < 4.78 is 0. The lowest BCUT2D eigenvalue weighted by Crippen LogP contribution is -2.29. The average molecular weight is 307 g/mol. The fraction of sp³-hybridized carbons (Fsp3) is 0.211. The summed E-state index contributed by atoms with van der Waals surface area (Å²) in [7, 11) is 0. The van der Waals surface area contributed by atoms with Gasteiger partial charge in [-0.15, -0.1) is 0 Å². The predicted octanol–water partition coefficient (Wildman–Crippen LogP) is 3.40. The van der Waals surface area contributed by atoms with E-state index in [1.165, 1.54) is 6.92 Å². The Labute approximate surface area is 134 Å². The molecule has 0 radical (unpaired) electrons. The second kappa shape index (κ2) is 6.16. The number of anilines is 1. The molecule has 4 nitrogen and oxygen atoms in total. The Morgan fingerprint density at radius 3 is 2.39 bits per heavy atom. The number of benzene rings is 2. The number of para-hydroxylation sites is 1. The van der Waals surface area contributed by atoms with Crippen molar-refractivity contribution in [3.05, 3.63) is 65.2 Å². The van der Waals surface area contributed by atoms with Crippen LogP contribution in [0.1, 0.15) is 46.0 Å². The lowest BCUT2D eigenvalue weighted by Gasteiger charge is -2.22. The van der Waals surface area contributed by atoms with Crippen LogP contribution in [0.4, 0.5) is 5.69 Å². The molecule has 0 unspecified atom stereocenters. The molecule has 0 spiro atoms. The highest BCUT2D eigenvalue weighted by Gasteiger charge is 2.26. The van der Waals surface area contributed by atoms with Crippen molar-refractivity contribution in [1.82, 2.24) is 0 Å². The second-order valence-corrected chi connectivity index (χ2v) is 5.67. The van der Waals surface area contributed by atoms with Crippen LogP contribution in [0.15, 0.2) is 48.5 Å². The number of hydrogen-bond acceptors (Lipinski definition) is 3. The molecular formula is C19H17NO3. The molecule has 1 aliphatic rings. The van der Waals surface area contributed by atoms with Crippen LogP contribution in [0.25, 0.3) is 0 Å². The molecule has 0 saturated carbocycles. The van der Waals surface area contributed by atoms with Gasteiger partial charge in [-0.25, -0.2) is 0 Å². The SMILES string of the molecule is CC(=O)c1ccc(CN2C(=O)CCC(=O)c3ccccc32)cc1. The van der Waals surface area contributed by atoms with Gasteiger partial charge in [0, 0.05) is 24.0 Å². The van der Waals surface area contributed by atoms with E-state index in [4.69, 9.17) is 0 Å². The molecule has 0 N–H and O–H groups in total. The Morgan fingerprint density at radius 2 is 1.70 bits per heavy atom.